The molecule has 1 aliphatic rings. The van der Waals surface area contributed by atoms with E-state index in [1.54, 1.807) is 12.1 Å². The highest BCUT2D eigenvalue weighted by Gasteiger charge is 2.29. The highest BCUT2D eigenvalue weighted by atomic mass is 79.9. The van der Waals surface area contributed by atoms with E-state index < -0.39 is 10.0 Å². The maximum atomic E-state index is 12.5. The van der Waals surface area contributed by atoms with Crippen LogP contribution in [0, 0.1) is 12.8 Å². The SMILES string of the molecule is Cc1ccc(Br)c(S(=O)(=O)NC(CN)C2CCCC2)c1.Cl. The lowest BCUT2D eigenvalue weighted by molar-refractivity contribution is 0.405. The van der Waals surface area contributed by atoms with Crippen molar-refractivity contribution in [1.82, 2.24) is 4.72 Å². The molecule has 1 aliphatic carbocycles. The highest BCUT2D eigenvalue weighted by Crippen LogP contribution is 2.29. The van der Waals surface area contributed by atoms with Crippen molar-refractivity contribution in [3.05, 3.63) is 28.2 Å². The van der Waals surface area contributed by atoms with Crippen LogP contribution in [0.2, 0.25) is 0 Å². The van der Waals surface area contributed by atoms with Gasteiger partial charge in [0, 0.05) is 17.1 Å². The minimum absolute atomic E-state index is 0. The molecule has 120 valence electrons. The van der Waals surface area contributed by atoms with Crippen LogP contribution >= 0.6 is 28.3 Å². The Balaban J connectivity index is 0.00000220. The summed E-state index contributed by atoms with van der Waals surface area (Å²) in [4.78, 5) is 0.286. The monoisotopic (exact) mass is 396 g/mol. The van der Waals surface area contributed by atoms with Gasteiger partial charge in [0.15, 0.2) is 0 Å². The average Bonchev–Trinajstić information content (AvgIpc) is 2.92. The van der Waals surface area contributed by atoms with Gasteiger partial charge in [-0.2, -0.15) is 0 Å². The molecule has 1 unspecified atom stereocenters. The standard InChI is InChI=1S/C14H21BrN2O2S.ClH/c1-10-6-7-12(15)14(8-10)20(18,19)17-13(9-16)11-4-2-3-5-11;/h6-8,11,13,17H,2-5,9,16H2,1H3;1H. The van der Waals surface area contributed by atoms with Crippen molar-refractivity contribution in [3.8, 4) is 0 Å². The van der Waals surface area contributed by atoms with E-state index in [0.29, 0.717) is 16.9 Å². The predicted octanol–water partition coefficient (Wildman–Crippen LogP) is 2.98. The minimum atomic E-state index is -3.54. The molecule has 1 atom stereocenters. The molecule has 0 heterocycles. The Bertz CT molecular complexity index is 574. The Labute approximate surface area is 141 Å². The van der Waals surface area contributed by atoms with E-state index in [9.17, 15) is 8.42 Å². The van der Waals surface area contributed by atoms with Crippen molar-refractivity contribution >= 4 is 38.4 Å². The maximum Gasteiger partial charge on any atom is 0.242 e. The first kappa shape index (κ1) is 18.9. The molecule has 0 aliphatic heterocycles. The first-order valence-corrected chi connectivity index (χ1v) is 9.20. The number of sulfonamides is 1. The summed E-state index contributed by atoms with van der Waals surface area (Å²) < 4.78 is 28.4. The van der Waals surface area contributed by atoms with Crippen LogP contribution in [-0.2, 0) is 10.0 Å². The van der Waals surface area contributed by atoms with Crippen molar-refractivity contribution in [2.75, 3.05) is 6.54 Å². The molecule has 0 bridgehead atoms. The normalized spacial score (nSPS) is 17.5. The molecule has 1 fully saturated rings. The molecule has 2 rings (SSSR count). The fraction of sp³-hybridized carbons (Fsp3) is 0.571. The third kappa shape index (κ3) is 4.66. The van der Waals surface area contributed by atoms with E-state index in [-0.39, 0.29) is 23.3 Å². The molecular formula is C14H22BrClN2O2S. The quantitative estimate of drug-likeness (QED) is 0.802. The second-order valence-electron chi connectivity index (χ2n) is 5.44. The predicted molar refractivity (Wildman–Crippen MR) is 91.2 cm³/mol. The van der Waals surface area contributed by atoms with Gasteiger partial charge in [-0.25, -0.2) is 13.1 Å². The lowest BCUT2D eigenvalue weighted by Gasteiger charge is -2.23. The summed E-state index contributed by atoms with van der Waals surface area (Å²) in [7, 11) is -3.54. The molecule has 0 aromatic heterocycles. The zero-order chi connectivity index (χ0) is 14.8. The molecule has 21 heavy (non-hydrogen) atoms. The third-order valence-electron chi connectivity index (χ3n) is 3.91. The third-order valence-corrected chi connectivity index (χ3v) is 6.39. The number of aryl methyl sites for hydroxylation is 1. The summed E-state index contributed by atoms with van der Waals surface area (Å²) in [6.07, 6.45) is 4.44. The largest absolute Gasteiger partial charge is 0.329 e. The van der Waals surface area contributed by atoms with Gasteiger partial charge in [0.25, 0.3) is 0 Å². The molecule has 1 aromatic rings. The van der Waals surface area contributed by atoms with Crippen LogP contribution in [0.3, 0.4) is 0 Å². The van der Waals surface area contributed by atoms with Crippen LogP contribution in [0.1, 0.15) is 31.2 Å². The number of hydrogen-bond acceptors (Lipinski definition) is 3. The topological polar surface area (TPSA) is 72.2 Å². The summed E-state index contributed by atoms with van der Waals surface area (Å²) in [5.74, 6) is 0.360. The Morgan fingerprint density at radius 1 is 1.38 bits per heavy atom. The number of benzene rings is 1. The second-order valence-corrected chi connectivity index (χ2v) is 7.98. The van der Waals surface area contributed by atoms with Crippen LogP contribution < -0.4 is 10.5 Å². The Hall–Kier alpha value is -0.140. The van der Waals surface area contributed by atoms with Gasteiger partial charge in [-0.05, 0) is 59.3 Å². The van der Waals surface area contributed by atoms with Crippen molar-refractivity contribution in [2.45, 2.75) is 43.5 Å². The van der Waals surface area contributed by atoms with Crippen LogP contribution in [0.5, 0.6) is 0 Å². The van der Waals surface area contributed by atoms with Gasteiger partial charge >= 0.3 is 0 Å². The van der Waals surface area contributed by atoms with Crippen molar-refractivity contribution in [1.29, 1.82) is 0 Å². The number of rotatable bonds is 5. The van der Waals surface area contributed by atoms with E-state index in [4.69, 9.17) is 5.73 Å². The van der Waals surface area contributed by atoms with Crippen LogP contribution in [0.25, 0.3) is 0 Å². The highest BCUT2D eigenvalue weighted by molar-refractivity contribution is 9.10. The smallest absolute Gasteiger partial charge is 0.242 e. The van der Waals surface area contributed by atoms with Gasteiger partial charge in [-0.1, -0.05) is 18.9 Å². The minimum Gasteiger partial charge on any atom is -0.329 e. The number of nitrogens with one attached hydrogen (secondary N) is 1. The average molecular weight is 398 g/mol. The Kier molecular flexibility index (Phi) is 7.13. The Morgan fingerprint density at radius 2 is 2.00 bits per heavy atom. The van der Waals surface area contributed by atoms with Crippen molar-refractivity contribution in [2.24, 2.45) is 11.7 Å². The number of nitrogens with two attached hydrogens (primary N) is 1. The summed E-state index contributed by atoms with van der Waals surface area (Å²) >= 11 is 3.31. The van der Waals surface area contributed by atoms with Gasteiger partial charge in [0.05, 0.1) is 4.90 Å². The van der Waals surface area contributed by atoms with E-state index in [0.717, 1.165) is 31.2 Å². The van der Waals surface area contributed by atoms with E-state index in [1.807, 2.05) is 13.0 Å². The molecule has 0 saturated heterocycles. The number of halogens is 2. The molecule has 4 nitrogen and oxygen atoms in total. The molecule has 0 radical (unpaired) electrons. The lowest BCUT2D eigenvalue weighted by Crippen LogP contribution is -2.44. The maximum absolute atomic E-state index is 12.5. The second kappa shape index (κ2) is 7.92. The summed E-state index contributed by atoms with van der Waals surface area (Å²) in [5, 5.41) is 0. The molecule has 1 saturated carbocycles. The van der Waals surface area contributed by atoms with Crippen molar-refractivity contribution < 1.29 is 8.42 Å². The number of hydrogen-bond donors (Lipinski definition) is 2. The van der Waals surface area contributed by atoms with Crippen molar-refractivity contribution in [3.63, 3.8) is 0 Å². The fourth-order valence-electron chi connectivity index (χ4n) is 2.78. The van der Waals surface area contributed by atoms with Crippen LogP contribution in [0.15, 0.2) is 27.6 Å². The van der Waals surface area contributed by atoms with Gasteiger partial charge in [0.1, 0.15) is 0 Å². The van der Waals surface area contributed by atoms with Gasteiger partial charge in [0.2, 0.25) is 10.0 Å². The van der Waals surface area contributed by atoms with E-state index in [1.165, 1.54) is 0 Å². The Morgan fingerprint density at radius 3 is 2.57 bits per heavy atom. The van der Waals surface area contributed by atoms with Gasteiger partial charge < -0.3 is 5.73 Å². The van der Waals surface area contributed by atoms with Gasteiger partial charge in [-0.3, -0.25) is 0 Å². The van der Waals surface area contributed by atoms with E-state index in [2.05, 4.69) is 20.7 Å². The fourth-order valence-corrected chi connectivity index (χ4v) is 5.14. The zero-order valence-corrected chi connectivity index (χ0v) is 15.2. The molecule has 0 spiro atoms. The molecular weight excluding hydrogens is 376 g/mol. The summed E-state index contributed by atoms with van der Waals surface area (Å²) in [5.41, 5.74) is 6.68. The van der Waals surface area contributed by atoms with Crippen LogP contribution in [-0.4, -0.2) is 21.0 Å². The first-order chi connectivity index (χ1) is 9.44. The van der Waals surface area contributed by atoms with Gasteiger partial charge in [-0.15, -0.1) is 12.4 Å². The zero-order valence-electron chi connectivity index (χ0n) is 12.0. The summed E-state index contributed by atoms with van der Waals surface area (Å²) in [6.45, 7) is 2.22. The molecule has 3 N–H and O–H groups in total. The molecule has 7 heteroatoms. The first-order valence-electron chi connectivity index (χ1n) is 6.92. The molecule has 0 amide bonds. The molecule has 1 aromatic carbocycles. The lowest BCUT2D eigenvalue weighted by atomic mass is 9.99. The summed E-state index contributed by atoms with van der Waals surface area (Å²) in [6, 6.07) is 5.14. The van der Waals surface area contributed by atoms with E-state index >= 15 is 0 Å². The van der Waals surface area contributed by atoms with Crippen LogP contribution in [0.4, 0.5) is 0 Å².